The van der Waals surface area contributed by atoms with Crippen LogP contribution >= 0.6 is 11.9 Å². The van der Waals surface area contributed by atoms with Gasteiger partial charge >= 0.3 is 6.09 Å². The first kappa shape index (κ1) is 26.3. The summed E-state index contributed by atoms with van der Waals surface area (Å²) in [5.41, 5.74) is 2.77. The summed E-state index contributed by atoms with van der Waals surface area (Å²) >= 11 is 1.18. The van der Waals surface area contributed by atoms with Crippen molar-refractivity contribution < 1.29 is 28.2 Å². The molecule has 2 fully saturated rings. The lowest BCUT2D eigenvalue weighted by atomic mass is 10.0. The monoisotopic (exact) mass is 542 g/mol. The largest absolute Gasteiger partial charge is 0.497 e. The first-order valence-corrected chi connectivity index (χ1v) is 13.7. The van der Waals surface area contributed by atoms with Gasteiger partial charge in [0.05, 0.1) is 30.8 Å². The van der Waals surface area contributed by atoms with Crippen LogP contribution in [0.5, 0.6) is 5.75 Å². The maximum absolute atomic E-state index is 15.2. The van der Waals surface area contributed by atoms with E-state index in [9.17, 15) is 14.4 Å². The minimum absolute atomic E-state index is 0.0691. The Labute approximate surface area is 225 Å². The average Bonchev–Trinajstić information content (AvgIpc) is 3.42. The van der Waals surface area contributed by atoms with Gasteiger partial charge in [-0.1, -0.05) is 0 Å². The number of carbonyl (C=O) groups is 3. The smallest absolute Gasteiger partial charge is 0.414 e. The molecular weight excluding hydrogens is 511 g/mol. The van der Waals surface area contributed by atoms with Gasteiger partial charge < -0.3 is 19.1 Å². The molecule has 0 unspecified atom stereocenters. The lowest BCUT2D eigenvalue weighted by Crippen LogP contribution is -2.48. The molecule has 2 aromatic rings. The molecule has 1 aliphatic carbocycles. The van der Waals surface area contributed by atoms with Crippen LogP contribution in [0.25, 0.3) is 0 Å². The highest BCUT2D eigenvalue weighted by Gasteiger charge is 2.34. The van der Waals surface area contributed by atoms with Crippen molar-refractivity contribution in [3.05, 3.63) is 53.3 Å². The molecular formula is C27H31FN4O5S. The van der Waals surface area contributed by atoms with Crippen LogP contribution in [0.4, 0.5) is 20.6 Å². The van der Waals surface area contributed by atoms with E-state index in [1.54, 1.807) is 19.2 Å². The molecule has 2 aromatic carbocycles. The number of halogens is 1. The van der Waals surface area contributed by atoms with Crippen molar-refractivity contribution >= 4 is 41.1 Å². The van der Waals surface area contributed by atoms with Gasteiger partial charge in [0.15, 0.2) is 5.78 Å². The molecule has 5 rings (SSSR count). The number of hydrogen-bond donors (Lipinski definition) is 1. The summed E-state index contributed by atoms with van der Waals surface area (Å²) in [6.07, 6.45) is -0.203. The normalized spacial score (nSPS) is 21.4. The fourth-order valence-corrected chi connectivity index (χ4v) is 5.94. The topological polar surface area (TPSA) is 91.4 Å². The van der Waals surface area contributed by atoms with Crippen molar-refractivity contribution in [3.63, 3.8) is 0 Å². The summed E-state index contributed by atoms with van der Waals surface area (Å²) in [7, 11) is 1.62. The SMILES string of the molecule is COc1ccc2c(c1)C[C@@H](CN1CCN(c3ccc(N4C[C@@H](CSNC(C)=O)OC4=O)cc3F)CC1)C2=O. The lowest BCUT2D eigenvalue weighted by Gasteiger charge is -2.37. The van der Waals surface area contributed by atoms with E-state index >= 15 is 4.39 Å². The summed E-state index contributed by atoms with van der Waals surface area (Å²) in [5, 5.41) is 0. The number of ether oxygens (including phenoxy) is 2. The van der Waals surface area contributed by atoms with Crippen LogP contribution < -0.4 is 19.3 Å². The zero-order valence-electron chi connectivity index (χ0n) is 21.4. The highest BCUT2D eigenvalue weighted by molar-refractivity contribution is 7.97. The quantitative estimate of drug-likeness (QED) is 0.509. The Balaban J connectivity index is 1.14. The molecule has 0 radical (unpaired) electrons. The van der Waals surface area contributed by atoms with E-state index in [1.807, 2.05) is 23.1 Å². The van der Waals surface area contributed by atoms with Crippen LogP contribution in [-0.2, 0) is 16.0 Å². The second kappa shape index (κ2) is 11.2. The molecule has 2 heterocycles. The van der Waals surface area contributed by atoms with Crippen LogP contribution in [0.1, 0.15) is 22.8 Å². The zero-order valence-corrected chi connectivity index (χ0v) is 22.3. The minimum Gasteiger partial charge on any atom is -0.497 e. The number of nitrogens with zero attached hydrogens (tertiary/aromatic N) is 3. The Bertz CT molecular complexity index is 1240. The minimum atomic E-state index is -0.527. The molecule has 2 atom stereocenters. The number of hydrogen-bond acceptors (Lipinski definition) is 8. The molecule has 0 spiro atoms. The number of Topliss-reactive ketones (excluding diaryl/α,β-unsaturated/α-hetero) is 1. The molecule has 0 bridgehead atoms. The van der Waals surface area contributed by atoms with Crippen LogP contribution in [-0.4, -0.2) is 80.9 Å². The highest BCUT2D eigenvalue weighted by Crippen LogP contribution is 2.32. The number of anilines is 2. The summed E-state index contributed by atoms with van der Waals surface area (Å²) in [5.74, 6) is 0.729. The fourth-order valence-electron chi connectivity index (χ4n) is 5.29. The van der Waals surface area contributed by atoms with Crippen LogP contribution in [0.3, 0.4) is 0 Å². The third-order valence-corrected chi connectivity index (χ3v) is 8.18. The molecule has 2 saturated heterocycles. The van der Waals surface area contributed by atoms with Gasteiger partial charge in [0.1, 0.15) is 17.7 Å². The Morgan fingerprint density at radius 1 is 1.16 bits per heavy atom. The summed E-state index contributed by atoms with van der Waals surface area (Å²) in [4.78, 5) is 41.9. The number of rotatable bonds is 8. The van der Waals surface area contributed by atoms with Gasteiger partial charge in [-0.2, -0.15) is 0 Å². The van der Waals surface area contributed by atoms with Crippen molar-refractivity contribution in [3.8, 4) is 5.75 Å². The molecule has 3 aliphatic rings. The van der Waals surface area contributed by atoms with Crippen molar-refractivity contribution in [2.45, 2.75) is 19.4 Å². The number of fused-ring (bicyclic) bond motifs is 1. The van der Waals surface area contributed by atoms with E-state index in [0.717, 1.165) is 30.0 Å². The number of cyclic esters (lactones) is 1. The average molecular weight is 543 g/mol. The number of methoxy groups -OCH3 is 1. The number of piperazine rings is 1. The Hall–Kier alpha value is -3.31. The Kier molecular flexibility index (Phi) is 7.75. The second-order valence-corrected chi connectivity index (χ2v) is 10.6. The Morgan fingerprint density at radius 3 is 2.66 bits per heavy atom. The third kappa shape index (κ3) is 5.58. The van der Waals surface area contributed by atoms with E-state index in [1.165, 1.54) is 29.8 Å². The second-order valence-electron chi connectivity index (χ2n) is 9.80. The van der Waals surface area contributed by atoms with E-state index < -0.39 is 18.0 Å². The van der Waals surface area contributed by atoms with Crippen LogP contribution in [0.2, 0.25) is 0 Å². The van der Waals surface area contributed by atoms with Crippen LogP contribution in [0.15, 0.2) is 36.4 Å². The first-order valence-electron chi connectivity index (χ1n) is 12.7. The van der Waals surface area contributed by atoms with Gasteiger partial charge in [0, 0.05) is 51.1 Å². The van der Waals surface area contributed by atoms with Gasteiger partial charge in [-0.05, 0) is 60.3 Å². The van der Waals surface area contributed by atoms with Gasteiger partial charge in [-0.25, -0.2) is 9.18 Å². The van der Waals surface area contributed by atoms with E-state index in [2.05, 4.69) is 9.62 Å². The predicted molar refractivity (Wildman–Crippen MR) is 143 cm³/mol. The molecule has 11 heteroatoms. The maximum Gasteiger partial charge on any atom is 0.414 e. The highest BCUT2D eigenvalue weighted by atomic mass is 32.2. The van der Waals surface area contributed by atoms with Crippen molar-refractivity contribution in [1.82, 2.24) is 9.62 Å². The van der Waals surface area contributed by atoms with Gasteiger partial charge in [0.2, 0.25) is 5.91 Å². The number of carbonyl (C=O) groups excluding carboxylic acids is 3. The molecule has 202 valence electrons. The summed E-state index contributed by atoms with van der Waals surface area (Å²) in [6.45, 7) is 5.15. The molecule has 2 amide bonds. The molecule has 1 N–H and O–H groups in total. The fraction of sp³-hybridized carbons (Fsp3) is 0.444. The van der Waals surface area contributed by atoms with Gasteiger partial charge in [-0.15, -0.1) is 0 Å². The molecule has 38 heavy (non-hydrogen) atoms. The standard InChI is InChI=1S/C27H31FN4O5S/c1-17(33)29-38-16-22-15-32(27(35)37-22)20-3-6-25(24(28)13-20)31-9-7-30(8-10-31)14-19-11-18-12-21(36-2)4-5-23(18)26(19)34/h3-6,12-13,19,22H,7-11,14-16H2,1-2H3,(H,29,33)/t19-,22-/m0/s1. The zero-order chi connectivity index (χ0) is 26.8. The predicted octanol–water partition coefficient (Wildman–Crippen LogP) is 3.12. The Morgan fingerprint density at radius 2 is 1.95 bits per heavy atom. The number of benzene rings is 2. The maximum atomic E-state index is 15.2. The summed E-state index contributed by atoms with van der Waals surface area (Å²) < 4.78 is 28.4. The van der Waals surface area contributed by atoms with E-state index in [4.69, 9.17) is 9.47 Å². The molecule has 2 aliphatic heterocycles. The van der Waals surface area contributed by atoms with Gasteiger partial charge in [0.25, 0.3) is 0 Å². The van der Waals surface area contributed by atoms with E-state index in [0.29, 0.717) is 49.7 Å². The van der Waals surface area contributed by atoms with Crippen molar-refractivity contribution in [2.24, 2.45) is 5.92 Å². The number of ketones is 1. The van der Waals surface area contributed by atoms with Crippen LogP contribution in [0, 0.1) is 11.7 Å². The number of nitrogens with one attached hydrogen (secondary N) is 1. The van der Waals surface area contributed by atoms with Crippen molar-refractivity contribution in [1.29, 1.82) is 0 Å². The summed E-state index contributed by atoms with van der Waals surface area (Å²) in [6, 6.07) is 10.4. The lowest BCUT2D eigenvalue weighted by molar-refractivity contribution is -0.117. The third-order valence-electron chi connectivity index (χ3n) is 7.21. The van der Waals surface area contributed by atoms with Crippen molar-refractivity contribution in [2.75, 3.05) is 61.9 Å². The number of amides is 2. The molecule has 0 saturated carbocycles. The molecule has 0 aromatic heterocycles. The first-order chi connectivity index (χ1) is 18.3. The molecule has 9 nitrogen and oxygen atoms in total. The van der Waals surface area contributed by atoms with Gasteiger partial charge in [-0.3, -0.25) is 19.4 Å². The van der Waals surface area contributed by atoms with E-state index in [-0.39, 0.29) is 17.6 Å².